The van der Waals surface area contributed by atoms with Gasteiger partial charge in [-0.2, -0.15) is 5.26 Å². The number of rotatable bonds is 7. The number of aromatic hydroxyl groups is 1. The highest BCUT2D eigenvalue weighted by Gasteiger charge is 2.39. The zero-order valence-electron chi connectivity index (χ0n) is 15.7. The van der Waals surface area contributed by atoms with Gasteiger partial charge < -0.3 is 5.11 Å². The van der Waals surface area contributed by atoms with E-state index in [4.69, 9.17) is 17.4 Å². The SMILES string of the molecule is CN=CN(N)Cc1cc(CSc2ccc(O)c(Cl)c2)cc(C2(C#N)CCC2)c1. The Kier molecular flexibility index (Phi) is 6.50. The molecule has 0 amide bonds. The van der Waals surface area contributed by atoms with Crippen molar-refractivity contribution in [3.8, 4) is 11.8 Å². The third-order valence-corrected chi connectivity index (χ3v) is 6.35. The third kappa shape index (κ3) is 4.61. The first-order valence-electron chi connectivity index (χ1n) is 9.05. The molecule has 3 N–H and O–H groups in total. The first-order chi connectivity index (χ1) is 13.5. The molecule has 2 aromatic rings. The Balaban J connectivity index is 1.86. The van der Waals surface area contributed by atoms with Gasteiger partial charge in [-0.3, -0.25) is 10.0 Å². The fraction of sp³-hybridized carbons (Fsp3) is 0.333. The maximum absolute atomic E-state index is 9.75. The van der Waals surface area contributed by atoms with Crippen LogP contribution >= 0.6 is 23.4 Å². The molecule has 0 atom stereocenters. The van der Waals surface area contributed by atoms with Gasteiger partial charge in [0, 0.05) is 17.7 Å². The van der Waals surface area contributed by atoms with Crippen LogP contribution in [0, 0.1) is 11.3 Å². The average Bonchev–Trinajstić information content (AvgIpc) is 2.62. The van der Waals surface area contributed by atoms with Gasteiger partial charge in [0.05, 0.1) is 29.4 Å². The first-order valence-corrected chi connectivity index (χ1v) is 10.4. The van der Waals surface area contributed by atoms with Crippen molar-refractivity contribution in [2.45, 2.75) is 41.9 Å². The molecule has 0 bridgehead atoms. The quantitative estimate of drug-likeness (QED) is 0.227. The van der Waals surface area contributed by atoms with Gasteiger partial charge in [0.1, 0.15) is 5.75 Å². The van der Waals surface area contributed by atoms with Gasteiger partial charge in [0.15, 0.2) is 0 Å². The molecule has 0 saturated heterocycles. The fourth-order valence-electron chi connectivity index (χ4n) is 3.35. The number of phenols is 1. The Labute approximate surface area is 174 Å². The summed E-state index contributed by atoms with van der Waals surface area (Å²) in [4.78, 5) is 4.93. The number of aliphatic imine (C=N–C) groups is 1. The van der Waals surface area contributed by atoms with Crippen LogP contribution in [-0.2, 0) is 17.7 Å². The van der Waals surface area contributed by atoms with E-state index in [1.165, 1.54) is 5.01 Å². The minimum Gasteiger partial charge on any atom is -0.506 e. The molecule has 1 aliphatic carbocycles. The van der Waals surface area contributed by atoms with Crippen molar-refractivity contribution in [1.82, 2.24) is 5.01 Å². The maximum atomic E-state index is 9.75. The lowest BCUT2D eigenvalue weighted by atomic mass is 9.65. The predicted molar refractivity (Wildman–Crippen MR) is 114 cm³/mol. The van der Waals surface area contributed by atoms with Crippen molar-refractivity contribution in [2.24, 2.45) is 10.8 Å². The molecule has 0 aromatic heterocycles. The molecule has 0 radical (unpaired) electrons. The molecule has 1 aliphatic rings. The molecular weight excluding hydrogens is 392 g/mol. The highest BCUT2D eigenvalue weighted by molar-refractivity contribution is 7.98. The van der Waals surface area contributed by atoms with Gasteiger partial charge in [-0.25, -0.2) is 5.84 Å². The normalized spacial score (nSPS) is 15.2. The van der Waals surface area contributed by atoms with Crippen LogP contribution in [0.1, 0.15) is 36.0 Å². The lowest BCUT2D eigenvalue weighted by Gasteiger charge is -2.36. The molecule has 0 spiro atoms. The van der Waals surface area contributed by atoms with Gasteiger partial charge in [0.2, 0.25) is 0 Å². The minimum absolute atomic E-state index is 0.0804. The summed E-state index contributed by atoms with van der Waals surface area (Å²) in [6.07, 6.45) is 4.47. The van der Waals surface area contributed by atoms with Crippen LogP contribution in [0.25, 0.3) is 0 Å². The van der Waals surface area contributed by atoms with E-state index >= 15 is 0 Å². The summed E-state index contributed by atoms with van der Waals surface area (Å²) in [6.45, 7) is 0.523. The summed E-state index contributed by atoms with van der Waals surface area (Å²) in [5, 5.41) is 21.2. The fourth-order valence-corrected chi connectivity index (χ4v) is 4.46. The van der Waals surface area contributed by atoms with E-state index in [9.17, 15) is 10.4 Å². The second-order valence-corrected chi connectivity index (χ2v) is 8.49. The largest absolute Gasteiger partial charge is 0.506 e. The van der Waals surface area contributed by atoms with E-state index < -0.39 is 0 Å². The number of thioether (sulfide) groups is 1. The molecule has 0 heterocycles. The molecular formula is C21H23ClN4OS. The topological polar surface area (TPSA) is 85.6 Å². The molecule has 0 unspecified atom stereocenters. The van der Waals surface area contributed by atoms with Crippen molar-refractivity contribution in [1.29, 1.82) is 5.26 Å². The van der Waals surface area contributed by atoms with Crippen LogP contribution in [0.2, 0.25) is 5.02 Å². The first kappa shape index (κ1) is 20.5. The lowest BCUT2D eigenvalue weighted by molar-refractivity contribution is 0.323. The Bertz CT molecular complexity index is 921. The average molecular weight is 415 g/mol. The molecule has 28 heavy (non-hydrogen) atoms. The monoisotopic (exact) mass is 414 g/mol. The number of benzene rings is 2. The molecule has 1 saturated carbocycles. The number of phenolic OH excluding ortho intramolecular Hbond substituents is 1. The number of hydrazine groups is 1. The van der Waals surface area contributed by atoms with E-state index in [1.54, 1.807) is 37.3 Å². The minimum atomic E-state index is -0.379. The van der Waals surface area contributed by atoms with Crippen molar-refractivity contribution in [3.05, 3.63) is 58.1 Å². The van der Waals surface area contributed by atoms with Gasteiger partial charge in [-0.1, -0.05) is 29.8 Å². The Morgan fingerprint density at radius 3 is 2.68 bits per heavy atom. The van der Waals surface area contributed by atoms with Crippen LogP contribution in [0.3, 0.4) is 0 Å². The lowest BCUT2D eigenvalue weighted by Crippen LogP contribution is -2.33. The Hall–Kier alpha value is -2.20. The summed E-state index contributed by atoms with van der Waals surface area (Å²) in [7, 11) is 1.68. The predicted octanol–water partition coefficient (Wildman–Crippen LogP) is 4.62. The third-order valence-electron chi connectivity index (χ3n) is 4.98. The van der Waals surface area contributed by atoms with Gasteiger partial charge in [-0.15, -0.1) is 11.8 Å². The number of halogens is 1. The Morgan fingerprint density at radius 2 is 2.07 bits per heavy atom. The number of hydrogen-bond acceptors (Lipinski definition) is 5. The molecule has 0 aliphatic heterocycles. The zero-order valence-corrected chi connectivity index (χ0v) is 17.3. The number of nitriles is 1. The van der Waals surface area contributed by atoms with Crippen molar-refractivity contribution in [3.63, 3.8) is 0 Å². The molecule has 7 heteroatoms. The second-order valence-electron chi connectivity index (χ2n) is 7.03. The number of nitrogens with zero attached hydrogens (tertiary/aromatic N) is 3. The van der Waals surface area contributed by atoms with Gasteiger partial charge in [-0.05, 0) is 54.2 Å². The molecule has 1 fully saturated rings. The van der Waals surface area contributed by atoms with Crippen molar-refractivity contribution < 1.29 is 5.11 Å². The van der Waals surface area contributed by atoms with E-state index in [0.29, 0.717) is 11.6 Å². The standard InChI is InChI=1S/C21H23ClN4OS/c1-25-14-26(24)11-15-7-16(9-17(8-15)21(13-23)5-2-6-21)12-28-18-3-4-20(27)19(22)10-18/h3-4,7-10,14,27H,2,5-6,11-12,24H2,1H3. The van der Waals surface area contributed by atoms with Gasteiger partial charge in [0.25, 0.3) is 0 Å². The Morgan fingerprint density at radius 1 is 1.32 bits per heavy atom. The highest BCUT2D eigenvalue weighted by atomic mass is 35.5. The van der Waals surface area contributed by atoms with Crippen LogP contribution < -0.4 is 5.84 Å². The number of nitrogens with two attached hydrogens (primary N) is 1. The van der Waals surface area contributed by atoms with E-state index in [2.05, 4.69) is 29.3 Å². The van der Waals surface area contributed by atoms with Crippen LogP contribution in [0.4, 0.5) is 0 Å². The van der Waals surface area contributed by atoms with Crippen LogP contribution in [-0.4, -0.2) is 23.5 Å². The summed E-state index contributed by atoms with van der Waals surface area (Å²) >= 11 is 7.64. The summed E-state index contributed by atoms with van der Waals surface area (Å²) in [5.41, 5.74) is 2.88. The van der Waals surface area contributed by atoms with E-state index in [1.807, 2.05) is 6.07 Å². The van der Waals surface area contributed by atoms with Crippen molar-refractivity contribution in [2.75, 3.05) is 7.05 Å². The number of hydrogen-bond donors (Lipinski definition) is 2. The second kappa shape index (κ2) is 8.87. The highest BCUT2D eigenvalue weighted by Crippen LogP contribution is 2.44. The van der Waals surface area contributed by atoms with Crippen LogP contribution in [0.5, 0.6) is 5.75 Å². The van der Waals surface area contributed by atoms with Gasteiger partial charge >= 0.3 is 0 Å². The molecule has 5 nitrogen and oxygen atoms in total. The smallest absolute Gasteiger partial charge is 0.134 e. The maximum Gasteiger partial charge on any atom is 0.134 e. The summed E-state index contributed by atoms with van der Waals surface area (Å²) in [5.74, 6) is 6.79. The summed E-state index contributed by atoms with van der Waals surface area (Å²) in [6, 6.07) is 14.1. The van der Waals surface area contributed by atoms with Crippen LogP contribution in [0.15, 0.2) is 46.3 Å². The van der Waals surface area contributed by atoms with E-state index in [0.717, 1.165) is 46.6 Å². The van der Waals surface area contributed by atoms with Crippen molar-refractivity contribution >= 4 is 29.7 Å². The zero-order chi connectivity index (χ0) is 20.1. The molecule has 146 valence electrons. The van der Waals surface area contributed by atoms with E-state index in [-0.39, 0.29) is 11.2 Å². The molecule has 3 rings (SSSR count). The summed E-state index contributed by atoms with van der Waals surface area (Å²) < 4.78 is 0. The molecule has 2 aromatic carbocycles.